The van der Waals surface area contributed by atoms with E-state index in [1.165, 1.54) is 0 Å². The summed E-state index contributed by atoms with van der Waals surface area (Å²) in [6, 6.07) is 6.68. The second-order valence-corrected chi connectivity index (χ2v) is 8.77. The lowest BCUT2D eigenvalue weighted by Crippen LogP contribution is -2.54. The molecule has 0 bridgehead atoms. The third-order valence-electron chi connectivity index (χ3n) is 5.65. The molecule has 0 aromatic heterocycles. The molecule has 0 radical (unpaired) electrons. The molecule has 31 heavy (non-hydrogen) atoms. The molecule has 1 aliphatic heterocycles. The van der Waals surface area contributed by atoms with E-state index in [-0.39, 0.29) is 23.6 Å². The summed E-state index contributed by atoms with van der Waals surface area (Å²) < 4.78 is 5.04. The first kappa shape index (κ1) is 24.9. The Balaban J connectivity index is 2.03. The molecule has 2 rings (SSSR count). The van der Waals surface area contributed by atoms with E-state index in [0.29, 0.717) is 63.4 Å². The standard InChI is InChI=1S/C24H37N3O4/c1-17(2)16-21(28)27-13-10-19(11-14-27)22(24(30)25-12-5-15-31-4)26-23(29)20-8-6-18(3)7-9-20/h6-9,17,19,22H,5,10-16H2,1-4H3,(H,25,30)(H,26,29)/t22-/m1/s1. The zero-order chi connectivity index (χ0) is 22.8. The van der Waals surface area contributed by atoms with Crippen molar-refractivity contribution < 1.29 is 19.1 Å². The van der Waals surface area contributed by atoms with Crippen LogP contribution in [-0.4, -0.2) is 62.0 Å². The van der Waals surface area contributed by atoms with Gasteiger partial charge in [-0.2, -0.15) is 0 Å². The van der Waals surface area contributed by atoms with Gasteiger partial charge in [-0.3, -0.25) is 14.4 Å². The SMILES string of the molecule is COCCCNC(=O)[C@H](NC(=O)c1ccc(C)cc1)C1CCN(C(=O)CC(C)C)CC1. The van der Waals surface area contributed by atoms with Crippen molar-refractivity contribution >= 4 is 17.7 Å². The van der Waals surface area contributed by atoms with Crippen LogP contribution in [-0.2, 0) is 14.3 Å². The second-order valence-electron chi connectivity index (χ2n) is 8.77. The van der Waals surface area contributed by atoms with Crippen molar-refractivity contribution in [1.29, 1.82) is 0 Å². The number of hydrogen-bond donors (Lipinski definition) is 2. The number of piperidine rings is 1. The minimum atomic E-state index is -0.626. The van der Waals surface area contributed by atoms with Crippen LogP contribution in [0.1, 0.15) is 55.5 Å². The fraction of sp³-hybridized carbons (Fsp3) is 0.625. The van der Waals surface area contributed by atoms with Crippen LogP contribution in [0.3, 0.4) is 0 Å². The number of carbonyl (C=O) groups is 3. The molecule has 0 unspecified atom stereocenters. The number of hydrogen-bond acceptors (Lipinski definition) is 4. The van der Waals surface area contributed by atoms with Gasteiger partial charge in [0, 0.05) is 45.3 Å². The summed E-state index contributed by atoms with van der Waals surface area (Å²) in [6.07, 6.45) is 2.63. The summed E-state index contributed by atoms with van der Waals surface area (Å²) in [4.78, 5) is 40.0. The number of methoxy groups -OCH3 is 1. The highest BCUT2D eigenvalue weighted by Crippen LogP contribution is 2.23. The minimum absolute atomic E-state index is 0.0140. The van der Waals surface area contributed by atoms with Crippen molar-refractivity contribution in [1.82, 2.24) is 15.5 Å². The lowest BCUT2D eigenvalue weighted by atomic mass is 9.88. The summed E-state index contributed by atoms with van der Waals surface area (Å²) in [5.41, 5.74) is 1.61. The Morgan fingerprint density at radius 1 is 1.13 bits per heavy atom. The van der Waals surface area contributed by atoms with Crippen LogP contribution in [0, 0.1) is 18.8 Å². The third kappa shape index (κ3) is 7.98. The molecule has 3 amide bonds. The Morgan fingerprint density at radius 3 is 2.35 bits per heavy atom. The summed E-state index contributed by atoms with van der Waals surface area (Å²) in [6.45, 7) is 8.33. The molecular weight excluding hydrogens is 394 g/mol. The van der Waals surface area contributed by atoms with E-state index in [0.717, 1.165) is 5.56 Å². The van der Waals surface area contributed by atoms with Crippen LogP contribution in [0.5, 0.6) is 0 Å². The van der Waals surface area contributed by atoms with Crippen LogP contribution in [0.15, 0.2) is 24.3 Å². The maximum atomic E-state index is 12.9. The molecule has 1 fully saturated rings. The van der Waals surface area contributed by atoms with Gasteiger partial charge in [0.05, 0.1) is 0 Å². The molecule has 1 heterocycles. The molecule has 7 nitrogen and oxygen atoms in total. The first-order valence-corrected chi connectivity index (χ1v) is 11.2. The third-order valence-corrected chi connectivity index (χ3v) is 5.65. The van der Waals surface area contributed by atoms with Gasteiger partial charge in [0.25, 0.3) is 5.91 Å². The van der Waals surface area contributed by atoms with Gasteiger partial charge in [0.1, 0.15) is 6.04 Å². The minimum Gasteiger partial charge on any atom is -0.385 e. The monoisotopic (exact) mass is 431 g/mol. The van der Waals surface area contributed by atoms with Crippen molar-refractivity contribution in [2.24, 2.45) is 11.8 Å². The van der Waals surface area contributed by atoms with Crippen LogP contribution < -0.4 is 10.6 Å². The lowest BCUT2D eigenvalue weighted by molar-refractivity contribution is -0.133. The van der Waals surface area contributed by atoms with Gasteiger partial charge in [0.2, 0.25) is 11.8 Å². The van der Waals surface area contributed by atoms with Gasteiger partial charge in [-0.25, -0.2) is 0 Å². The summed E-state index contributed by atoms with van der Waals surface area (Å²) in [7, 11) is 1.63. The molecule has 7 heteroatoms. The molecule has 1 aromatic rings. The molecule has 0 spiro atoms. The maximum absolute atomic E-state index is 12.9. The Labute approximate surface area is 185 Å². The van der Waals surface area contributed by atoms with E-state index in [1.807, 2.05) is 37.8 Å². The van der Waals surface area contributed by atoms with E-state index in [2.05, 4.69) is 10.6 Å². The molecule has 1 saturated heterocycles. The van der Waals surface area contributed by atoms with E-state index in [4.69, 9.17) is 4.74 Å². The number of carbonyl (C=O) groups excluding carboxylic acids is 3. The zero-order valence-electron chi connectivity index (χ0n) is 19.3. The van der Waals surface area contributed by atoms with E-state index >= 15 is 0 Å². The fourth-order valence-corrected chi connectivity index (χ4v) is 3.83. The number of ether oxygens (including phenoxy) is 1. The smallest absolute Gasteiger partial charge is 0.251 e. The molecule has 1 atom stereocenters. The van der Waals surface area contributed by atoms with Gasteiger partial charge < -0.3 is 20.3 Å². The van der Waals surface area contributed by atoms with Crippen molar-refractivity contribution in [2.45, 2.75) is 52.5 Å². The zero-order valence-corrected chi connectivity index (χ0v) is 19.3. The quantitative estimate of drug-likeness (QED) is 0.557. The highest BCUT2D eigenvalue weighted by atomic mass is 16.5. The average Bonchev–Trinajstić information content (AvgIpc) is 2.75. The van der Waals surface area contributed by atoms with Crippen LogP contribution in [0.2, 0.25) is 0 Å². The Kier molecular flexibility index (Phi) is 9.98. The summed E-state index contributed by atoms with van der Waals surface area (Å²) in [5.74, 6) is 0.0427. The first-order valence-electron chi connectivity index (χ1n) is 11.2. The average molecular weight is 432 g/mol. The van der Waals surface area contributed by atoms with Crippen molar-refractivity contribution in [3.63, 3.8) is 0 Å². The van der Waals surface area contributed by atoms with Crippen molar-refractivity contribution in [3.05, 3.63) is 35.4 Å². The predicted octanol–water partition coefficient (Wildman–Crippen LogP) is 2.53. The molecule has 1 aromatic carbocycles. The number of likely N-dealkylation sites (tertiary alicyclic amines) is 1. The van der Waals surface area contributed by atoms with Crippen molar-refractivity contribution in [2.75, 3.05) is 33.4 Å². The Morgan fingerprint density at radius 2 is 1.77 bits per heavy atom. The summed E-state index contributed by atoms with van der Waals surface area (Å²) >= 11 is 0. The normalized spacial score (nSPS) is 15.6. The first-order chi connectivity index (χ1) is 14.8. The Bertz CT molecular complexity index is 725. The largest absolute Gasteiger partial charge is 0.385 e. The number of rotatable bonds is 10. The topological polar surface area (TPSA) is 87.7 Å². The van der Waals surface area contributed by atoms with Crippen LogP contribution in [0.4, 0.5) is 0 Å². The van der Waals surface area contributed by atoms with Crippen LogP contribution >= 0.6 is 0 Å². The van der Waals surface area contributed by atoms with Gasteiger partial charge in [0.15, 0.2) is 0 Å². The second kappa shape index (κ2) is 12.4. The molecular formula is C24H37N3O4. The fourth-order valence-electron chi connectivity index (χ4n) is 3.83. The van der Waals surface area contributed by atoms with E-state index in [9.17, 15) is 14.4 Å². The number of aryl methyl sites for hydroxylation is 1. The van der Waals surface area contributed by atoms with Gasteiger partial charge in [-0.15, -0.1) is 0 Å². The Hall–Kier alpha value is -2.41. The van der Waals surface area contributed by atoms with Gasteiger partial charge >= 0.3 is 0 Å². The molecule has 172 valence electrons. The van der Waals surface area contributed by atoms with E-state index in [1.54, 1.807) is 19.2 Å². The lowest BCUT2D eigenvalue weighted by Gasteiger charge is -2.36. The highest BCUT2D eigenvalue weighted by molar-refractivity contribution is 5.97. The van der Waals surface area contributed by atoms with Gasteiger partial charge in [-0.05, 0) is 50.2 Å². The van der Waals surface area contributed by atoms with Gasteiger partial charge in [-0.1, -0.05) is 31.5 Å². The molecule has 2 N–H and O–H groups in total. The number of nitrogens with one attached hydrogen (secondary N) is 2. The number of benzene rings is 1. The number of amides is 3. The van der Waals surface area contributed by atoms with Crippen LogP contribution in [0.25, 0.3) is 0 Å². The van der Waals surface area contributed by atoms with Crippen molar-refractivity contribution in [3.8, 4) is 0 Å². The maximum Gasteiger partial charge on any atom is 0.251 e. The molecule has 0 aliphatic carbocycles. The number of nitrogens with zero attached hydrogens (tertiary/aromatic N) is 1. The van der Waals surface area contributed by atoms with E-state index < -0.39 is 6.04 Å². The highest BCUT2D eigenvalue weighted by Gasteiger charge is 2.33. The predicted molar refractivity (Wildman–Crippen MR) is 121 cm³/mol. The molecule has 1 aliphatic rings. The molecule has 0 saturated carbocycles. The summed E-state index contributed by atoms with van der Waals surface area (Å²) in [5, 5.41) is 5.88.